The van der Waals surface area contributed by atoms with Gasteiger partial charge in [-0.25, -0.2) is 32.2 Å². The number of fused-ring (bicyclic) bond motifs is 2. The van der Waals surface area contributed by atoms with Gasteiger partial charge in [0, 0.05) is 35.0 Å². The number of rotatable bonds is 7. The van der Waals surface area contributed by atoms with E-state index < -0.39 is 22.1 Å². The Bertz CT molecular complexity index is 1790. The highest BCUT2D eigenvalue weighted by Crippen LogP contribution is 2.35. The van der Waals surface area contributed by atoms with Crippen LogP contribution in [-0.2, 0) is 27.7 Å². The first kappa shape index (κ1) is 25.3. The molecule has 0 fully saturated rings. The van der Waals surface area contributed by atoms with Gasteiger partial charge in [0.25, 0.3) is 6.43 Å². The molecule has 6 rings (SSSR count). The van der Waals surface area contributed by atoms with Gasteiger partial charge in [-0.3, -0.25) is 4.68 Å². The molecular formula is C24H22F2N8O3S2. The molecule has 1 aliphatic rings. The van der Waals surface area contributed by atoms with Crippen molar-refractivity contribution >= 4 is 55.3 Å². The Morgan fingerprint density at radius 3 is 2.69 bits per heavy atom. The number of aromatic nitrogens is 6. The normalized spacial score (nSPS) is 13.7. The fourth-order valence-corrected chi connectivity index (χ4v) is 5.88. The predicted molar refractivity (Wildman–Crippen MR) is 143 cm³/mol. The Hall–Kier alpha value is -3.95. The van der Waals surface area contributed by atoms with Gasteiger partial charge < -0.3 is 20.4 Å². The van der Waals surface area contributed by atoms with Crippen molar-refractivity contribution in [3.63, 3.8) is 0 Å². The van der Waals surface area contributed by atoms with Crippen LogP contribution in [0.1, 0.15) is 22.8 Å². The van der Waals surface area contributed by atoms with E-state index >= 15 is 0 Å². The first-order valence-electron chi connectivity index (χ1n) is 11.8. The number of aromatic amines is 1. The fraction of sp³-hybridized carbons (Fsp3) is 0.250. The van der Waals surface area contributed by atoms with Crippen molar-refractivity contribution in [3.05, 3.63) is 52.9 Å². The Morgan fingerprint density at radius 2 is 1.97 bits per heavy atom. The molecule has 0 saturated carbocycles. The van der Waals surface area contributed by atoms with E-state index in [1.807, 2.05) is 17.7 Å². The van der Waals surface area contributed by atoms with Crippen molar-refractivity contribution in [1.82, 2.24) is 29.7 Å². The smallest absolute Gasteiger partial charge is 0.295 e. The maximum Gasteiger partial charge on any atom is 0.295 e. The summed E-state index contributed by atoms with van der Waals surface area (Å²) in [6.45, 7) is 3.51. The van der Waals surface area contributed by atoms with Gasteiger partial charge in [0.15, 0.2) is 27.1 Å². The van der Waals surface area contributed by atoms with E-state index in [4.69, 9.17) is 4.74 Å². The number of thiazole rings is 1. The molecule has 0 aliphatic carbocycles. The minimum Gasteiger partial charge on any atom is -0.373 e. The molecule has 1 aliphatic heterocycles. The summed E-state index contributed by atoms with van der Waals surface area (Å²) in [4.78, 5) is 16.3. The maximum atomic E-state index is 13.5. The summed E-state index contributed by atoms with van der Waals surface area (Å²) in [5.74, 6) is 0.244. The Balaban J connectivity index is 1.42. The zero-order valence-corrected chi connectivity index (χ0v) is 22.3. The number of hydrogen-bond donors (Lipinski definition) is 3. The molecule has 4 aromatic heterocycles. The Labute approximate surface area is 225 Å². The number of imidazole rings is 1. The number of sulfone groups is 1. The molecule has 202 valence electrons. The van der Waals surface area contributed by atoms with Gasteiger partial charge in [-0.15, -0.1) is 11.3 Å². The van der Waals surface area contributed by atoms with Crippen LogP contribution in [0.5, 0.6) is 0 Å². The second-order valence-corrected chi connectivity index (χ2v) is 12.2. The number of pyridine rings is 1. The van der Waals surface area contributed by atoms with Crippen LogP contribution in [0.2, 0.25) is 0 Å². The molecule has 0 atom stereocenters. The topological polar surface area (TPSA) is 140 Å². The number of ether oxygens (including phenoxy) is 1. The third-order valence-electron chi connectivity index (χ3n) is 6.01. The van der Waals surface area contributed by atoms with E-state index in [2.05, 4.69) is 35.7 Å². The maximum absolute atomic E-state index is 13.5. The highest BCUT2D eigenvalue weighted by Gasteiger charge is 2.21. The van der Waals surface area contributed by atoms with Crippen LogP contribution >= 0.6 is 11.3 Å². The molecule has 0 amide bonds. The van der Waals surface area contributed by atoms with Crippen LogP contribution in [0.15, 0.2) is 41.4 Å². The molecule has 0 bridgehead atoms. The van der Waals surface area contributed by atoms with Gasteiger partial charge >= 0.3 is 0 Å². The van der Waals surface area contributed by atoms with Crippen LogP contribution in [0.3, 0.4) is 0 Å². The molecule has 3 N–H and O–H groups in total. The molecule has 0 spiro atoms. The molecule has 15 heteroatoms. The van der Waals surface area contributed by atoms with Crippen LogP contribution in [0.4, 0.5) is 31.8 Å². The lowest BCUT2D eigenvalue weighted by Crippen LogP contribution is -2.16. The van der Waals surface area contributed by atoms with Gasteiger partial charge in [-0.1, -0.05) is 0 Å². The highest BCUT2D eigenvalue weighted by atomic mass is 32.2. The van der Waals surface area contributed by atoms with E-state index in [0.29, 0.717) is 42.0 Å². The third-order valence-corrected chi connectivity index (χ3v) is 8.11. The van der Waals surface area contributed by atoms with E-state index in [0.717, 1.165) is 16.8 Å². The average Bonchev–Trinajstić information content (AvgIpc) is 3.61. The Kier molecular flexibility index (Phi) is 6.28. The van der Waals surface area contributed by atoms with Crippen molar-refractivity contribution in [2.75, 3.05) is 23.5 Å². The van der Waals surface area contributed by atoms with E-state index in [9.17, 15) is 17.2 Å². The average molecular weight is 573 g/mol. The van der Waals surface area contributed by atoms with Crippen LogP contribution in [0.25, 0.3) is 21.7 Å². The van der Waals surface area contributed by atoms with Gasteiger partial charge in [0.2, 0.25) is 0 Å². The van der Waals surface area contributed by atoms with E-state index in [1.54, 1.807) is 30.5 Å². The molecule has 0 radical (unpaired) electrons. The number of benzene rings is 1. The van der Waals surface area contributed by atoms with Crippen molar-refractivity contribution in [2.24, 2.45) is 0 Å². The van der Waals surface area contributed by atoms with Crippen LogP contribution in [0, 0.1) is 6.92 Å². The van der Waals surface area contributed by atoms with Gasteiger partial charge in [-0.05, 0) is 25.1 Å². The van der Waals surface area contributed by atoms with Crippen molar-refractivity contribution in [1.29, 1.82) is 0 Å². The highest BCUT2D eigenvalue weighted by molar-refractivity contribution is 7.90. The first-order chi connectivity index (χ1) is 18.6. The van der Waals surface area contributed by atoms with Gasteiger partial charge in [0.1, 0.15) is 16.3 Å². The Morgan fingerprint density at radius 1 is 1.13 bits per heavy atom. The van der Waals surface area contributed by atoms with Crippen molar-refractivity contribution in [3.8, 4) is 10.6 Å². The second-order valence-electron chi connectivity index (χ2n) is 8.98. The van der Waals surface area contributed by atoms with Crippen molar-refractivity contribution < 1.29 is 21.9 Å². The summed E-state index contributed by atoms with van der Waals surface area (Å²) < 4.78 is 59.8. The number of aryl methyl sites for hydroxylation is 1. The zero-order valence-electron chi connectivity index (χ0n) is 20.7. The van der Waals surface area contributed by atoms with E-state index in [-0.39, 0.29) is 27.4 Å². The van der Waals surface area contributed by atoms with Crippen LogP contribution < -0.4 is 10.6 Å². The summed E-state index contributed by atoms with van der Waals surface area (Å²) in [5, 5.41) is 11.4. The van der Waals surface area contributed by atoms with Gasteiger partial charge in [0.05, 0.1) is 41.7 Å². The molecule has 0 saturated heterocycles. The number of halogens is 2. The SMILES string of the molecule is Cc1cnc(-c2ccc(Nc3cc(Nc4cc5n(n4)CCOC5)nc4[nH]c(C(F)F)nc34)c(S(C)(=O)=O)c2)s1. The number of alkyl halides is 2. The number of anilines is 4. The molecule has 5 heterocycles. The second kappa shape index (κ2) is 9.66. The summed E-state index contributed by atoms with van der Waals surface area (Å²) in [6, 6.07) is 8.29. The van der Waals surface area contributed by atoms with Crippen molar-refractivity contribution in [2.45, 2.75) is 31.4 Å². The minimum atomic E-state index is -3.69. The molecule has 0 unspecified atom stereocenters. The number of nitrogens with one attached hydrogen (secondary N) is 3. The van der Waals surface area contributed by atoms with E-state index in [1.165, 1.54) is 11.3 Å². The lowest BCUT2D eigenvalue weighted by Gasteiger charge is -2.14. The first-order valence-corrected chi connectivity index (χ1v) is 14.5. The monoisotopic (exact) mass is 572 g/mol. The number of hydrogen-bond acceptors (Lipinski definition) is 10. The van der Waals surface area contributed by atoms with Crippen LogP contribution in [-0.4, -0.2) is 51.0 Å². The third kappa shape index (κ3) is 5.07. The summed E-state index contributed by atoms with van der Waals surface area (Å²) in [6.07, 6.45) is -0.0282. The summed E-state index contributed by atoms with van der Waals surface area (Å²) in [5.41, 5.74) is 2.30. The largest absolute Gasteiger partial charge is 0.373 e. The lowest BCUT2D eigenvalue weighted by molar-refractivity contribution is 0.0801. The molecule has 1 aromatic carbocycles. The molecule has 5 aromatic rings. The lowest BCUT2D eigenvalue weighted by atomic mass is 10.2. The number of H-pyrrole nitrogens is 1. The quantitative estimate of drug-likeness (QED) is 0.247. The fourth-order valence-electron chi connectivity index (χ4n) is 4.26. The number of nitrogens with zero attached hydrogens (tertiary/aromatic N) is 5. The predicted octanol–water partition coefficient (Wildman–Crippen LogP) is 4.94. The molecule has 11 nitrogen and oxygen atoms in total. The summed E-state index contributed by atoms with van der Waals surface area (Å²) in [7, 11) is -3.69. The molecule has 39 heavy (non-hydrogen) atoms. The standard InChI is InChI=1S/C24H22F2N8O3S2/c1-12-10-27-24(38-12)13-3-4-15(17(7-13)39(2,35)36)28-16-9-18(30-22-20(16)31-23(32-22)21(25)26)29-19-8-14-11-37-6-5-34(14)33-19/h3-4,7-10,21H,5-6,11H2,1-2H3,(H3,28,29,30,31,32,33). The van der Waals surface area contributed by atoms with Gasteiger partial charge in [-0.2, -0.15) is 5.10 Å². The zero-order chi connectivity index (χ0) is 27.3. The minimum absolute atomic E-state index is 0.0266. The molecular weight excluding hydrogens is 550 g/mol. The summed E-state index contributed by atoms with van der Waals surface area (Å²) >= 11 is 1.45.